The lowest BCUT2D eigenvalue weighted by atomic mass is 9.97. The molecule has 1 aromatic heterocycles. The maximum Gasteiger partial charge on any atom is 0.251 e. The zero-order chi connectivity index (χ0) is 23.4. The number of benzene rings is 1. The SMILES string of the molecule is C=C(C)N1C(=O)CC(N2CCC(C)CC2)C1=O.CC/C=C(\C)c1nc2ccc(C)cc2s1. The summed E-state index contributed by atoms with van der Waals surface area (Å²) in [5, 5.41) is 1.15. The zero-order valence-electron chi connectivity index (χ0n) is 20.0. The largest absolute Gasteiger partial charge is 0.292 e. The summed E-state index contributed by atoms with van der Waals surface area (Å²) in [6.45, 7) is 15.9. The Morgan fingerprint density at radius 1 is 1.25 bits per heavy atom. The Labute approximate surface area is 195 Å². The van der Waals surface area contributed by atoms with Crippen LogP contribution in [0.15, 0.2) is 36.6 Å². The molecule has 2 amide bonds. The van der Waals surface area contributed by atoms with E-state index in [0.717, 1.165) is 48.8 Å². The normalized spacial score (nSPS) is 20.6. The summed E-state index contributed by atoms with van der Waals surface area (Å²) in [5.74, 6) is 0.541. The Morgan fingerprint density at radius 2 is 1.94 bits per heavy atom. The molecular formula is C26H35N3O2S. The second-order valence-corrected chi connectivity index (χ2v) is 10.1. The number of piperidine rings is 1. The van der Waals surface area contributed by atoms with Gasteiger partial charge in [-0.1, -0.05) is 32.6 Å². The minimum absolute atomic E-state index is 0.0861. The Hall–Kier alpha value is -2.31. The van der Waals surface area contributed by atoms with Gasteiger partial charge in [0.15, 0.2) is 0 Å². The molecule has 0 aliphatic carbocycles. The van der Waals surface area contributed by atoms with E-state index < -0.39 is 0 Å². The summed E-state index contributed by atoms with van der Waals surface area (Å²) in [7, 11) is 0. The van der Waals surface area contributed by atoms with Crippen molar-refractivity contribution >= 4 is 38.9 Å². The molecule has 2 aliphatic rings. The molecule has 2 fully saturated rings. The Morgan fingerprint density at radius 3 is 2.53 bits per heavy atom. The number of hydrogen-bond acceptors (Lipinski definition) is 5. The van der Waals surface area contributed by atoms with Crippen LogP contribution in [0.4, 0.5) is 0 Å². The number of fused-ring (bicyclic) bond motifs is 1. The molecule has 1 unspecified atom stereocenters. The molecular weight excluding hydrogens is 418 g/mol. The molecule has 0 bridgehead atoms. The number of imide groups is 1. The third-order valence-electron chi connectivity index (χ3n) is 6.16. The van der Waals surface area contributed by atoms with Crippen molar-refractivity contribution in [2.24, 2.45) is 5.92 Å². The number of aryl methyl sites for hydroxylation is 1. The van der Waals surface area contributed by atoms with Gasteiger partial charge in [-0.05, 0) is 82.3 Å². The van der Waals surface area contributed by atoms with Gasteiger partial charge in [-0.3, -0.25) is 19.4 Å². The van der Waals surface area contributed by atoms with Crippen LogP contribution in [-0.2, 0) is 9.59 Å². The predicted octanol–water partition coefficient (Wildman–Crippen LogP) is 5.80. The molecule has 0 radical (unpaired) electrons. The number of amides is 2. The molecule has 0 spiro atoms. The summed E-state index contributed by atoms with van der Waals surface area (Å²) >= 11 is 1.78. The van der Waals surface area contributed by atoms with E-state index in [9.17, 15) is 9.59 Å². The molecule has 32 heavy (non-hydrogen) atoms. The van der Waals surface area contributed by atoms with Gasteiger partial charge in [-0.2, -0.15) is 0 Å². The number of likely N-dealkylation sites (tertiary alicyclic amines) is 2. The van der Waals surface area contributed by atoms with Crippen LogP contribution >= 0.6 is 11.3 Å². The van der Waals surface area contributed by atoms with Gasteiger partial charge in [0.2, 0.25) is 5.91 Å². The van der Waals surface area contributed by atoms with Gasteiger partial charge in [-0.25, -0.2) is 4.98 Å². The van der Waals surface area contributed by atoms with Crippen LogP contribution in [0.1, 0.15) is 63.9 Å². The Kier molecular flexibility index (Phi) is 8.01. The zero-order valence-corrected chi connectivity index (χ0v) is 20.8. The number of hydrogen-bond donors (Lipinski definition) is 0. The van der Waals surface area contributed by atoms with Gasteiger partial charge >= 0.3 is 0 Å². The number of carbonyl (C=O) groups excluding carboxylic acids is 2. The Balaban J connectivity index is 0.000000182. The standard InChI is InChI=1S/C13H20N2O2.C13H15NS/c1-9(2)15-12(16)8-11(13(15)17)14-6-4-10(3)5-7-14;1-4-5-10(3)13-14-11-7-6-9(2)8-12(11)15-13/h10-11H,1,4-8H2,2-3H3;5-8H,4H2,1-3H3/b;10-5+. The Bertz CT molecular complexity index is 1030. The van der Waals surface area contributed by atoms with Crippen molar-refractivity contribution in [1.29, 1.82) is 0 Å². The predicted molar refractivity (Wildman–Crippen MR) is 133 cm³/mol. The minimum Gasteiger partial charge on any atom is -0.292 e. The fraction of sp³-hybridized carbons (Fsp3) is 0.500. The van der Waals surface area contributed by atoms with E-state index in [4.69, 9.17) is 0 Å². The van der Waals surface area contributed by atoms with E-state index in [1.54, 1.807) is 18.3 Å². The summed E-state index contributed by atoms with van der Waals surface area (Å²) in [5.41, 5.74) is 4.24. The van der Waals surface area contributed by atoms with Crippen LogP contribution in [-0.4, -0.2) is 45.7 Å². The van der Waals surface area contributed by atoms with Gasteiger partial charge in [0.05, 0.1) is 22.7 Å². The monoisotopic (exact) mass is 453 g/mol. The fourth-order valence-corrected chi connectivity index (χ4v) is 5.30. The highest BCUT2D eigenvalue weighted by Crippen LogP contribution is 2.28. The molecule has 2 aliphatic heterocycles. The van der Waals surface area contributed by atoms with Crippen molar-refractivity contribution < 1.29 is 9.59 Å². The van der Waals surface area contributed by atoms with Crippen molar-refractivity contribution in [2.45, 2.75) is 66.3 Å². The van der Waals surface area contributed by atoms with Crippen LogP contribution in [0.3, 0.4) is 0 Å². The van der Waals surface area contributed by atoms with Crippen molar-refractivity contribution in [3.63, 3.8) is 0 Å². The van der Waals surface area contributed by atoms with E-state index in [0.29, 0.717) is 12.1 Å². The van der Waals surface area contributed by atoms with E-state index in [2.05, 4.69) is 68.4 Å². The van der Waals surface area contributed by atoms with E-state index in [1.165, 1.54) is 20.7 Å². The third kappa shape index (κ3) is 5.54. The van der Waals surface area contributed by atoms with Gasteiger partial charge in [-0.15, -0.1) is 11.3 Å². The number of thiazole rings is 1. The van der Waals surface area contributed by atoms with Gasteiger partial charge in [0.1, 0.15) is 5.01 Å². The average molecular weight is 454 g/mol. The highest BCUT2D eigenvalue weighted by atomic mass is 32.1. The lowest BCUT2D eigenvalue weighted by molar-refractivity contribution is -0.137. The number of rotatable bonds is 4. The minimum atomic E-state index is -0.244. The molecule has 5 nitrogen and oxygen atoms in total. The van der Waals surface area contributed by atoms with Crippen molar-refractivity contribution in [1.82, 2.24) is 14.8 Å². The first-order valence-corrected chi connectivity index (χ1v) is 12.3. The number of carbonyl (C=O) groups is 2. The topological polar surface area (TPSA) is 53.5 Å². The second-order valence-electron chi connectivity index (χ2n) is 9.03. The molecule has 1 aromatic carbocycles. The van der Waals surface area contributed by atoms with Crippen LogP contribution < -0.4 is 0 Å². The van der Waals surface area contributed by atoms with E-state index in [-0.39, 0.29) is 17.9 Å². The first-order valence-electron chi connectivity index (χ1n) is 11.5. The maximum absolute atomic E-state index is 12.1. The van der Waals surface area contributed by atoms with E-state index >= 15 is 0 Å². The molecule has 0 saturated carbocycles. The van der Waals surface area contributed by atoms with Crippen LogP contribution in [0.5, 0.6) is 0 Å². The summed E-state index contributed by atoms with van der Waals surface area (Å²) in [6.07, 6.45) is 5.85. The first-order chi connectivity index (χ1) is 15.2. The van der Waals surface area contributed by atoms with Gasteiger partial charge in [0.25, 0.3) is 5.91 Å². The number of allylic oxidation sites excluding steroid dienone is 3. The van der Waals surface area contributed by atoms with Crippen molar-refractivity contribution in [2.75, 3.05) is 13.1 Å². The molecule has 1 atom stereocenters. The maximum atomic E-state index is 12.1. The fourth-order valence-electron chi connectivity index (χ4n) is 4.24. The second kappa shape index (κ2) is 10.5. The van der Waals surface area contributed by atoms with Crippen molar-refractivity contribution in [3.05, 3.63) is 47.1 Å². The molecule has 4 rings (SSSR count). The van der Waals surface area contributed by atoms with Crippen LogP contribution in [0, 0.1) is 12.8 Å². The third-order valence-corrected chi connectivity index (χ3v) is 7.31. The lowest BCUT2D eigenvalue weighted by Crippen LogP contribution is -2.45. The van der Waals surface area contributed by atoms with E-state index in [1.807, 2.05) is 0 Å². The van der Waals surface area contributed by atoms with Gasteiger partial charge < -0.3 is 0 Å². The lowest BCUT2D eigenvalue weighted by Gasteiger charge is -2.33. The highest BCUT2D eigenvalue weighted by Gasteiger charge is 2.42. The summed E-state index contributed by atoms with van der Waals surface area (Å²) < 4.78 is 1.29. The molecule has 2 aromatic rings. The quantitative estimate of drug-likeness (QED) is 0.549. The average Bonchev–Trinajstić information content (AvgIpc) is 3.29. The molecule has 2 saturated heterocycles. The molecule has 3 heterocycles. The highest BCUT2D eigenvalue weighted by molar-refractivity contribution is 7.19. The van der Waals surface area contributed by atoms with Crippen LogP contribution in [0.25, 0.3) is 15.8 Å². The molecule has 6 heteroatoms. The molecule has 0 N–H and O–H groups in total. The summed E-state index contributed by atoms with van der Waals surface area (Å²) in [4.78, 5) is 31.9. The number of nitrogens with zero attached hydrogens (tertiary/aromatic N) is 3. The molecule has 172 valence electrons. The van der Waals surface area contributed by atoms with Crippen molar-refractivity contribution in [3.8, 4) is 0 Å². The smallest absolute Gasteiger partial charge is 0.251 e. The first kappa shape index (κ1) is 24.3. The summed E-state index contributed by atoms with van der Waals surface area (Å²) in [6, 6.07) is 6.18. The number of aromatic nitrogens is 1. The van der Waals surface area contributed by atoms with Gasteiger partial charge in [0, 0.05) is 5.70 Å². The van der Waals surface area contributed by atoms with Crippen LogP contribution in [0.2, 0.25) is 0 Å².